The lowest BCUT2D eigenvalue weighted by Gasteiger charge is -2.33. The van der Waals surface area contributed by atoms with E-state index in [1.54, 1.807) is 0 Å². The Balaban J connectivity index is 1.65. The number of rotatable bonds is 4. The molecule has 2 saturated heterocycles. The van der Waals surface area contributed by atoms with Crippen LogP contribution in [-0.2, 0) is 9.53 Å². The molecule has 0 aromatic carbocycles. The number of amides is 1. The lowest BCUT2D eigenvalue weighted by molar-refractivity contribution is -0.133. The van der Waals surface area contributed by atoms with Crippen LogP contribution >= 0.6 is 0 Å². The second-order valence-corrected chi connectivity index (χ2v) is 5.20. The van der Waals surface area contributed by atoms with E-state index in [0.717, 1.165) is 45.4 Å². The highest BCUT2D eigenvalue weighted by Gasteiger charge is 2.23. The Kier molecular flexibility index (Phi) is 4.80. The van der Waals surface area contributed by atoms with Crippen LogP contribution in [0.1, 0.15) is 39.0 Å². The van der Waals surface area contributed by atoms with Crippen LogP contribution in [0.3, 0.4) is 0 Å². The van der Waals surface area contributed by atoms with Crippen LogP contribution < -0.4 is 5.32 Å². The zero-order chi connectivity index (χ0) is 12.1. The molecule has 0 aliphatic carbocycles. The third-order valence-corrected chi connectivity index (χ3v) is 3.80. The molecule has 2 atom stereocenters. The second-order valence-electron chi connectivity index (χ2n) is 5.20. The Morgan fingerprint density at radius 3 is 2.94 bits per heavy atom. The van der Waals surface area contributed by atoms with Crippen molar-refractivity contribution in [3.63, 3.8) is 0 Å². The summed E-state index contributed by atoms with van der Waals surface area (Å²) in [6.07, 6.45) is 6.17. The van der Waals surface area contributed by atoms with Crippen molar-refractivity contribution in [3.8, 4) is 0 Å². The van der Waals surface area contributed by atoms with Crippen molar-refractivity contribution < 1.29 is 9.53 Å². The zero-order valence-corrected chi connectivity index (χ0v) is 10.8. The lowest BCUT2D eigenvalue weighted by atomic mass is 10.0. The molecule has 2 aliphatic heterocycles. The topological polar surface area (TPSA) is 41.6 Å². The van der Waals surface area contributed by atoms with E-state index in [2.05, 4.69) is 12.2 Å². The van der Waals surface area contributed by atoms with E-state index in [1.165, 1.54) is 6.42 Å². The molecule has 4 nitrogen and oxygen atoms in total. The highest BCUT2D eigenvalue weighted by atomic mass is 16.5. The first-order valence-electron chi connectivity index (χ1n) is 6.89. The van der Waals surface area contributed by atoms with Crippen LogP contribution in [-0.4, -0.2) is 49.2 Å². The normalized spacial score (nSPS) is 29.6. The maximum atomic E-state index is 12.0. The van der Waals surface area contributed by atoms with Gasteiger partial charge >= 0.3 is 0 Å². The van der Waals surface area contributed by atoms with Crippen molar-refractivity contribution >= 4 is 5.91 Å². The molecule has 0 unspecified atom stereocenters. The third kappa shape index (κ3) is 3.68. The molecule has 0 spiro atoms. The van der Waals surface area contributed by atoms with Gasteiger partial charge in [0.1, 0.15) is 0 Å². The fourth-order valence-electron chi connectivity index (χ4n) is 2.72. The van der Waals surface area contributed by atoms with E-state index in [-0.39, 0.29) is 5.91 Å². The first-order valence-corrected chi connectivity index (χ1v) is 6.89. The van der Waals surface area contributed by atoms with E-state index in [9.17, 15) is 4.79 Å². The van der Waals surface area contributed by atoms with Crippen LogP contribution in [0.4, 0.5) is 0 Å². The van der Waals surface area contributed by atoms with E-state index >= 15 is 0 Å². The molecule has 0 aromatic heterocycles. The zero-order valence-electron chi connectivity index (χ0n) is 10.8. The molecule has 0 radical (unpaired) electrons. The summed E-state index contributed by atoms with van der Waals surface area (Å²) >= 11 is 0. The summed E-state index contributed by atoms with van der Waals surface area (Å²) in [6, 6.07) is 0.417. The van der Waals surface area contributed by atoms with Gasteiger partial charge in [0.05, 0.1) is 12.6 Å². The Morgan fingerprint density at radius 2 is 2.24 bits per heavy atom. The number of carbonyl (C=O) groups excluding carboxylic acids is 1. The lowest BCUT2D eigenvalue weighted by Crippen LogP contribution is -2.46. The highest BCUT2D eigenvalue weighted by molar-refractivity contribution is 5.78. The molecule has 1 amide bonds. The van der Waals surface area contributed by atoms with Crippen molar-refractivity contribution in [1.29, 1.82) is 0 Å². The number of hydrogen-bond acceptors (Lipinski definition) is 3. The molecule has 2 heterocycles. The Labute approximate surface area is 104 Å². The molecule has 2 fully saturated rings. The average Bonchev–Trinajstić information content (AvgIpc) is 2.82. The van der Waals surface area contributed by atoms with Crippen molar-refractivity contribution in [1.82, 2.24) is 10.2 Å². The number of piperidine rings is 1. The molecule has 1 N–H and O–H groups in total. The van der Waals surface area contributed by atoms with Crippen LogP contribution in [0.2, 0.25) is 0 Å². The SMILES string of the molecule is C[C@H]1CCCCN1C(=O)CNC[C@H]1CCCO1. The molecule has 0 aromatic rings. The first-order chi connectivity index (χ1) is 8.27. The minimum atomic E-state index is 0.246. The fraction of sp³-hybridized carbons (Fsp3) is 0.923. The van der Waals surface area contributed by atoms with E-state index in [1.807, 2.05) is 4.90 Å². The van der Waals surface area contributed by atoms with Gasteiger partial charge in [-0.2, -0.15) is 0 Å². The number of likely N-dealkylation sites (tertiary alicyclic amines) is 1. The van der Waals surface area contributed by atoms with Crippen LogP contribution in [0.15, 0.2) is 0 Å². The number of nitrogens with zero attached hydrogens (tertiary/aromatic N) is 1. The number of hydrogen-bond donors (Lipinski definition) is 1. The van der Waals surface area contributed by atoms with E-state index < -0.39 is 0 Å². The van der Waals surface area contributed by atoms with Gasteiger partial charge in [0.15, 0.2) is 0 Å². The summed E-state index contributed by atoms with van der Waals surface area (Å²) in [6.45, 7) is 5.24. The number of nitrogens with one attached hydrogen (secondary N) is 1. The van der Waals surface area contributed by atoms with E-state index in [4.69, 9.17) is 4.74 Å². The molecule has 98 valence electrons. The summed E-state index contributed by atoms with van der Waals surface area (Å²) in [7, 11) is 0. The van der Waals surface area contributed by atoms with Gasteiger partial charge in [-0.25, -0.2) is 0 Å². The van der Waals surface area contributed by atoms with Gasteiger partial charge in [0.25, 0.3) is 0 Å². The van der Waals surface area contributed by atoms with Crippen molar-refractivity contribution in [2.45, 2.75) is 51.2 Å². The summed E-state index contributed by atoms with van der Waals surface area (Å²) in [4.78, 5) is 14.0. The van der Waals surface area contributed by atoms with E-state index in [0.29, 0.717) is 18.7 Å². The summed E-state index contributed by atoms with van der Waals surface area (Å²) < 4.78 is 5.51. The van der Waals surface area contributed by atoms with Gasteiger partial charge in [-0.15, -0.1) is 0 Å². The highest BCUT2D eigenvalue weighted by Crippen LogP contribution is 2.16. The van der Waals surface area contributed by atoms with Gasteiger partial charge in [0, 0.05) is 25.7 Å². The largest absolute Gasteiger partial charge is 0.377 e. The standard InChI is InChI=1S/C13H24N2O2/c1-11-5-2-3-7-15(11)13(16)10-14-9-12-6-4-8-17-12/h11-12,14H,2-10H2,1H3/t11-,12+/m0/s1. The molecule has 4 heteroatoms. The van der Waals surface area contributed by atoms with Gasteiger partial charge in [-0.3, -0.25) is 4.79 Å². The van der Waals surface area contributed by atoms with Gasteiger partial charge in [-0.1, -0.05) is 0 Å². The molecule has 2 rings (SSSR count). The molecular weight excluding hydrogens is 216 g/mol. The Morgan fingerprint density at radius 1 is 1.35 bits per heavy atom. The summed E-state index contributed by atoms with van der Waals surface area (Å²) in [5.41, 5.74) is 0. The quantitative estimate of drug-likeness (QED) is 0.801. The Hall–Kier alpha value is -0.610. The van der Waals surface area contributed by atoms with Crippen molar-refractivity contribution in [2.75, 3.05) is 26.2 Å². The van der Waals surface area contributed by atoms with Crippen molar-refractivity contribution in [2.24, 2.45) is 0 Å². The summed E-state index contributed by atoms with van der Waals surface area (Å²) in [5.74, 6) is 0.246. The van der Waals surface area contributed by atoms with Gasteiger partial charge < -0.3 is 15.0 Å². The average molecular weight is 240 g/mol. The fourth-order valence-corrected chi connectivity index (χ4v) is 2.72. The molecule has 0 saturated carbocycles. The maximum absolute atomic E-state index is 12.0. The van der Waals surface area contributed by atoms with Crippen LogP contribution in [0.5, 0.6) is 0 Å². The van der Waals surface area contributed by atoms with Crippen molar-refractivity contribution in [3.05, 3.63) is 0 Å². The first kappa shape index (κ1) is 12.8. The molecule has 0 bridgehead atoms. The Bertz CT molecular complexity index is 252. The molecule has 17 heavy (non-hydrogen) atoms. The minimum absolute atomic E-state index is 0.246. The second kappa shape index (κ2) is 6.36. The predicted molar refractivity (Wildman–Crippen MR) is 66.9 cm³/mol. The van der Waals surface area contributed by atoms with Gasteiger partial charge in [-0.05, 0) is 39.0 Å². The maximum Gasteiger partial charge on any atom is 0.236 e. The smallest absolute Gasteiger partial charge is 0.236 e. The van der Waals surface area contributed by atoms with Crippen LogP contribution in [0, 0.1) is 0 Å². The summed E-state index contributed by atoms with van der Waals surface area (Å²) in [5, 5.41) is 3.23. The van der Waals surface area contributed by atoms with Crippen LogP contribution in [0.25, 0.3) is 0 Å². The third-order valence-electron chi connectivity index (χ3n) is 3.80. The predicted octanol–water partition coefficient (Wildman–Crippen LogP) is 1.16. The molecular formula is C13H24N2O2. The number of ether oxygens (including phenoxy) is 1. The molecule has 2 aliphatic rings. The minimum Gasteiger partial charge on any atom is -0.377 e. The monoisotopic (exact) mass is 240 g/mol. The van der Waals surface area contributed by atoms with Gasteiger partial charge in [0.2, 0.25) is 5.91 Å². The number of carbonyl (C=O) groups is 1.